The van der Waals surface area contributed by atoms with E-state index in [9.17, 15) is 0 Å². The van der Waals surface area contributed by atoms with Gasteiger partial charge in [0, 0.05) is 11.5 Å². The van der Waals surface area contributed by atoms with E-state index in [1.165, 1.54) is 0 Å². The first kappa shape index (κ1) is 15.1. The van der Waals surface area contributed by atoms with Gasteiger partial charge in [-0.05, 0) is 53.6 Å². The van der Waals surface area contributed by atoms with Crippen molar-refractivity contribution >= 4 is 27.3 Å². The van der Waals surface area contributed by atoms with Gasteiger partial charge in [-0.15, -0.1) is 0 Å². The van der Waals surface area contributed by atoms with E-state index in [4.69, 9.17) is 9.47 Å². The van der Waals surface area contributed by atoms with E-state index >= 15 is 0 Å². The number of fused-ring (bicyclic) bond motifs is 2. The molecule has 24 heavy (non-hydrogen) atoms. The second-order valence-electron chi connectivity index (χ2n) is 5.68. The Morgan fingerprint density at radius 2 is 1.46 bits per heavy atom. The summed E-state index contributed by atoms with van der Waals surface area (Å²) in [6.07, 6.45) is 0. The smallest absolute Gasteiger partial charge is 0.152 e. The Labute approximate surface area is 149 Å². The molecule has 0 amide bonds. The lowest BCUT2D eigenvalue weighted by molar-refractivity contribution is 0.415. The monoisotopic (exact) mass is 381 g/mol. The summed E-state index contributed by atoms with van der Waals surface area (Å²) in [5.74, 6) is 2.56. The molecule has 1 heterocycles. The third-order valence-electron chi connectivity index (χ3n) is 4.25. The first-order valence-corrected chi connectivity index (χ1v) is 8.44. The normalized spacial score (nSPS) is 12.2. The number of nitrogens with zero attached hydrogens (tertiary/aromatic N) is 1. The predicted octanol–water partition coefficient (Wildman–Crippen LogP) is 6.00. The van der Waals surface area contributed by atoms with Crippen molar-refractivity contribution in [3.63, 3.8) is 0 Å². The molecule has 0 radical (unpaired) electrons. The Hall–Kier alpha value is -2.46. The molecule has 120 valence electrons. The molecule has 0 saturated heterocycles. The van der Waals surface area contributed by atoms with Gasteiger partial charge >= 0.3 is 0 Å². The molecule has 0 saturated carbocycles. The number of benzene rings is 3. The van der Waals surface area contributed by atoms with Gasteiger partial charge in [-0.3, -0.25) is 0 Å². The highest BCUT2D eigenvalue weighted by molar-refractivity contribution is 9.10. The Morgan fingerprint density at radius 3 is 2.17 bits per heavy atom. The third-order valence-corrected chi connectivity index (χ3v) is 4.74. The Bertz CT molecular complexity index is 906. The van der Waals surface area contributed by atoms with Crippen LogP contribution in [-0.2, 0) is 0 Å². The van der Waals surface area contributed by atoms with Crippen molar-refractivity contribution in [3.05, 3.63) is 65.1 Å². The van der Waals surface area contributed by atoms with Gasteiger partial charge in [0.25, 0.3) is 0 Å². The number of rotatable bonds is 2. The lowest BCUT2D eigenvalue weighted by Gasteiger charge is -2.30. The van der Waals surface area contributed by atoms with E-state index in [0.717, 1.165) is 44.2 Å². The van der Waals surface area contributed by atoms with Crippen molar-refractivity contribution in [2.45, 2.75) is 0 Å². The zero-order chi connectivity index (χ0) is 16.7. The maximum absolute atomic E-state index is 6.14. The van der Waals surface area contributed by atoms with Crippen LogP contribution < -0.4 is 14.4 Å². The minimum atomic E-state index is 0.853. The Kier molecular flexibility index (Phi) is 3.69. The second-order valence-corrected chi connectivity index (χ2v) is 6.60. The van der Waals surface area contributed by atoms with E-state index in [-0.39, 0.29) is 0 Å². The minimum absolute atomic E-state index is 0.853. The Morgan fingerprint density at radius 1 is 0.833 bits per heavy atom. The van der Waals surface area contributed by atoms with Crippen LogP contribution in [0.5, 0.6) is 17.2 Å². The summed E-state index contributed by atoms with van der Waals surface area (Å²) < 4.78 is 12.4. The van der Waals surface area contributed by atoms with Crippen molar-refractivity contribution in [2.75, 3.05) is 19.1 Å². The first-order chi connectivity index (χ1) is 11.7. The summed E-state index contributed by atoms with van der Waals surface area (Å²) in [7, 11) is 3.73. The van der Waals surface area contributed by atoms with Crippen molar-refractivity contribution in [1.82, 2.24) is 0 Å². The zero-order valence-electron chi connectivity index (χ0n) is 13.4. The molecule has 0 N–H and O–H groups in total. The molecular weight excluding hydrogens is 366 g/mol. The molecule has 0 aliphatic carbocycles. The predicted molar refractivity (Wildman–Crippen MR) is 101 cm³/mol. The van der Waals surface area contributed by atoms with Crippen LogP contribution >= 0.6 is 15.9 Å². The Balaban J connectivity index is 1.75. The van der Waals surface area contributed by atoms with E-state index in [0.29, 0.717) is 0 Å². The van der Waals surface area contributed by atoms with Gasteiger partial charge in [0.1, 0.15) is 5.75 Å². The van der Waals surface area contributed by atoms with Crippen LogP contribution in [0, 0.1) is 0 Å². The fourth-order valence-corrected chi connectivity index (χ4v) is 3.27. The quantitative estimate of drug-likeness (QED) is 0.543. The maximum atomic E-state index is 6.14. The maximum Gasteiger partial charge on any atom is 0.152 e. The highest BCUT2D eigenvalue weighted by atomic mass is 79.9. The average molecular weight is 382 g/mol. The molecule has 3 nitrogen and oxygen atoms in total. The van der Waals surface area contributed by atoms with Crippen molar-refractivity contribution in [3.8, 4) is 28.4 Å². The molecule has 4 heteroatoms. The van der Waals surface area contributed by atoms with Gasteiger partial charge in [0.2, 0.25) is 0 Å². The van der Waals surface area contributed by atoms with Crippen LogP contribution in [0.3, 0.4) is 0 Å². The van der Waals surface area contributed by atoms with E-state index < -0.39 is 0 Å². The number of anilines is 2. The van der Waals surface area contributed by atoms with E-state index in [2.05, 4.69) is 64.3 Å². The number of methoxy groups -OCH3 is 1. The van der Waals surface area contributed by atoms with Crippen LogP contribution in [0.2, 0.25) is 0 Å². The molecule has 0 atom stereocenters. The van der Waals surface area contributed by atoms with Crippen LogP contribution in [0.1, 0.15) is 0 Å². The SMILES string of the molecule is COc1ccc(-c2ccc3c(c2)Oc2cc(Br)ccc2N3C)cc1. The molecular formula is C20H16BrNO2. The fraction of sp³-hybridized carbons (Fsp3) is 0.100. The molecule has 4 rings (SSSR count). The van der Waals surface area contributed by atoms with Crippen molar-refractivity contribution in [2.24, 2.45) is 0 Å². The molecule has 0 unspecified atom stereocenters. The molecule has 1 aliphatic heterocycles. The molecule has 0 aromatic heterocycles. The van der Waals surface area contributed by atoms with Gasteiger partial charge in [-0.2, -0.15) is 0 Å². The minimum Gasteiger partial charge on any atom is -0.497 e. The molecule has 3 aromatic carbocycles. The average Bonchev–Trinajstić information content (AvgIpc) is 2.61. The number of ether oxygens (including phenoxy) is 2. The molecule has 3 aromatic rings. The van der Waals surface area contributed by atoms with Crippen LogP contribution in [0.25, 0.3) is 11.1 Å². The lowest BCUT2D eigenvalue weighted by Crippen LogP contribution is -2.15. The number of hydrogen-bond donors (Lipinski definition) is 0. The number of hydrogen-bond acceptors (Lipinski definition) is 3. The fourth-order valence-electron chi connectivity index (χ4n) is 2.93. The summed E-state index contributed by atoms with van der Waals surface area (Å²) in [4.78, 5) is 2.15. The lowest BCUT2D eigenvalue weighted by atomic mass is 10.0. The summed E-state index contributed by atoms with van der Waals surface area (Å²) in [6, 6.07) is 20.4. The highest BCUT2D eigenvalue weighted by Gasteiger charge is 2.22. The van der Waals surface area contributed by atoms with Gasteiger partial charge in [0.15, 0.2) is 11.5 Å². The van der Waals surface area contributed by atoms with E-state index in [1.54, 1.807) is 7.11 Å². The molecule has 0 fully saturated rings. The van der Waals surface area contributed by atoms with Crippen molar-refractivity contribution < 1.29 is 9.47 Å². The van der Waals surface area contributed by atoms with Gasteiger partial charge in [-0.1, -0.05) is 34.1 Å². The van der Waals surface area contributed by atoms with Crippen LogP contribution in [0.15, 0.2) is 65.1 Å². The molecule has 0 bridgehead atoms. The van der Waals surface area contributed by atoms with Gasteiger partial charge < -0.3 is 14.4 Å². The zero-order valence-corrected chi connectivity index (χ0v) is 15.0. The van der Waals surface area contributed by atoms with Gasteiger partial charge in [-0.25, -0.2) is 0 Å². The molecule has 0 spiro atoms. The summed E-state index contributed by atoms with van der Waals surface area (Å²) in [6.45, 7) is 0. The third kappa shape index (κ3) is 2.53. The standard InChI is InChI=1S/C20H16BrNO2/c1-22-17-9-5-14(13-3-7-16(23-2)8-4-13)11-19(17)24-20-12-15(21)6-10-18(20)22/h3-12H,1-2H3. The second kappa shape index (κ2) is 5.87. The summed E-state index contributed by atoms with van der Waals surface area (Å²) in [5, 5.41) is 0. The summed E-state index contributed by atoms with van der Waals surface area (Å²) >= 11 is 3.50. The largest absolute Gasteiger partial charge is 0.497 e. The highest BCUT2D eigenvalue weighted by Crippen LogP contribution is 2.47. The van der Waals surface area contributed by atoms with Gasteiger partial charge in [0.05, 0.1) is 18.5 Å². The first-order valence-electron chi connectivity index (χ1n) is 7.65. The summed E-state index contributed by atoms with van der Waals surface area (Å²) in [5.41, 5.74) is 4.36. The van der Waals surface area contributed by atoms with E-state index in [1.807, 2.05) is 24.3 Å². The van der Waals surface area contributed by atoms with Crippen LogP contribution in [-0.4, -0.2) is 14.2 Å². The molecule has 1 aliphatic rings. The van der Waals surface area contributed by atoms with Crippen LogP contribution in [0.4, 0.5) is 11.4 Å². The topological polar surface area (TPSA) is 21.7 Å². The number of halogens is 1. The van der Waals surface area contributed by atoms with Crippen molar-refractivity contribution in [1.29, 1.82) is 0 Å².